The normalized spacial score (nSPS) is 11.1. The van der Waals surface area contributed by atoms with Crippen molar-refractivity contribution in [2.24, 2.45) is 0 Å². The van der Waals surface area contributed by atoms with Crippen molar-refractivity contribution in [1.82, 2.24) is 0 Å². The van der Waals surface area contributed by atoms with Crippen LogP contribution in [0.25, 0.3) is 0 Å². The Hall–Kier alpha value is -0.950. The monoisotopic (exact) mass is 552 g/mol. The first-order valence-electron chi connectivity index (χ1n) is 14.8. The zero-order valence-electron chi connectivity index (χ0n) is 23.8. The average Bonchev–Trinajstić information content (AvgIpc) is 2.83. The molecule has 0 aliphatic carbocycles. The number of carbonyl (C=O) groups excluding carboxylic acids is 2. The van der Waals surface area contributed by atoms with Gasteiger partial charge in [0.15, 0.2) is 0 Å². The van der Waals surface area contributed by atoms with Crippen molar-refractivity contribution in [2.75, 3.05) is 13.2 Å². The molecule has 0 heterocycles. The third kappa shape index (κ3) is 42.4. The van der Waals surface area contributed by atoms with E-state index in [1.807, 2.05) is 0 Å². The smallest absolute Gasteiger partial charge is 0.466 e. The number of esters is 2. The molecule has 0 unspecified atom stereocenters. The Labute approximate surface area is 226 Å². The highest BCUT2D eigenvalue weighted by Crippen LogP contribution is 2.25. The highest BCUT2D eigenvalue weighted by Gasteiger charge is 2.09. The molecule has 0 spiro atoms. The summed E-state index contributed by atoms with van der Waals surface area (Å²) in [5.74, 6) is -0.561. The quantitative estimate of drug-likeness (QED) is 0.0595. The van der Waals surface area contributed by atoms with E-state index >= 15 is 0 Å². The van der Waals surface area contributed by atoms with E-state index in [9.17, 15) is 9.59 Å². The zero-order chi connectivity index (χ0) is 28.0. The number of carbonyl (C=O) groups is 2. The highest BCUT2D eigenvalue weighted by atomic mass is 31.2. The SMILES string of the molecule is CCCCCCCCCCCCOC(=O)CCC(=O)OCCCCCCCCCCCC.O=P(O)(O)O. The topological polar surface area (TPSA) is 130 Å². The van der Waals surface area contributed by atoms with Crippen molar-refractivity contribution in [3.05, 3.63) is 0 Å². The second-order valence-electron chi connectivity index (χ2n) is 9.82. The van der Waals surface area contributed by atoms with Gasteiger partial charge in [-0.15, -0.1) is 0 Å². The fraction of sp³-hybridized carbons (Fsp3) is 0.929. The minimum Gasteiger partial charge on any atom is -0.466 e. The van der Waals surface area contributed by atoms with E-state index < -0.39 is 7.82 Å². The summed E-state index contributed by atoms with van der Waals surface area (Å²) >= 11 is 0. The van der Waals surface area contributed by atoms with Gasteiger partial charge in [-0.25, -0.2) is 4.57 Å². The number of ether oxygens (including phenoxy) is 2. The highest BCUT2D eigenvalue weighted by molar-refractivity contribution is 7.45. The maximum atomic E-state index is 11.7. The van der Waals surface area contributed by atoms with Gasteiger partial charge in [-0.05, 0) is 12.8 Å². The van der Waals surface area contributed by atoms with Crippen LogP contribution >= 0.6 is 7.82 Å². The maximum absolute atomic E-state index is 11.7. The lowest BCUT2D eigenvalue weighted by molar-refractivity contribution is -0.150. The Kier molecular flexibility index (Phi) is 30.6. The summed E-state index contributed by atoms with van der Waals surface area (Å²) in [6.45, 7) is 5.45. The van der Waals surface area contributed by atoms with Gasteiger partial charge in [-0.3, -0.25) is 9.59 Å². The van der Waals surface area contributed by atoms with Crippen LogP contribution in [-0.4, -0.2) is 39.8 Å². The molecule has 0 aromatic carbocycles. The van der Waals surface area contributed by atoms with E-state index in [2.05, 4.69) is 13.8 Å². The third-order valence-electron chi connectivity index (χ3n) is 6.06. The fourth-order valence-corrected chi connectivity index (χ4v) is 3.90. The second kappa shape index (κ2) is 29.6. The van der Waals surface area contributed by atoms with Crippen molar-refractivity contribution < 1.29 is 38.3 Å². The molecule has 0 saturated carbocycles. The van der Waals surface area contributed by atoms with Crippen molar-refractivity contribution in [3.63, 3.8) is 0 Å². The molecule has 0 saturated heterocycles. The van der Waals surface area contributed by atoms with Crippen molar-refractivity contribution in [1.29, 1.82) is 0 Å². The van der Waals surface area contributed by atoms with Gasteiger partial charge in [0.2, 0.25) is 0 Å². The van der Waals surface area contributed by atoms with Gasteiger partial charge in [0.1, 0.15) is 0 Å². The van der Waals surface area contributed by atoms with Crippen LogP contribution in [0.3, 0.4) is 0 Å². The van der Waals surface area contributed by atoms with Gasteiger partial charge < -0.3 is 24.2 Å². The molecule has 0 atom stereocenters. The van der Waals surface area contributed by atoms with Crippen LogP contribution in [0.1, 0.15) is 155 Å². The Morgan fingerprint density at radius 3 is 0.946 bits per heavy atom. The largest absolute Gasteiger partial charge is 0.466 e. The van der Waals surface area contributed by atoms with E-state index in [1.165, 1.54) is 103 Å². The molecule has 9 heteroatoms. The molecule has 37 heavy (non-hydrogen) atoms. The molecule has 222 valence electrons. The Morgan fingerprint density at radius 1 is 0.486 bits per heavy atom. The molecule has 0 radical (unpaired) electrons. The molecule has 0 aliphatic rings. The van der Waals surface area contributed by atoms with Crippen molar-refractivity contribution in [3.8, 4) is 0 Å². The van der Waals surface area contributed by atoms with Gasteiger partial charge >= 0.3 is 19.8 Å². The zero-order valence-corrected chi connectivity index (χ0v) is 24.7. The lowest BCUT2D eigenvalue weighted by Crippen LogP contribution is -2.11. The number of hydrogen-bond acceptors (Lipinski definition) is 5. The molecular weight excluding hydrogens is 495 g/mol. The minimum absolute atomic E-state index is 0.134. The first kappa shape index (κ1) is 38.2. The minimum atomic E-state index is -4.64. The Balaban J connectivity index is 0. The summed E-state index contributed by atoms with van der Waals surface area (Å²) < 4.78 is 19.3. The van der Waals surface area contributed by atoms with Crippen LogP contribution in [0.5, 0.6) is 0 Å². The molecule has 0 amide bonds. The standard InChI is InChI=1S/C28H54O4.H3O4P/c1-3-5-7-9-11-13-15-17-19-21-25-31-27(29)23-24-28(30)32-26-22-20-18-16-14-12-10-8-6-4-2;1-5(2,3)4/h3-26H2,1-2H3;(H3,1,2,3,4). The van der Waals surface area contributed by atoms with Gasteiger partial charge in [0.05, 0.1) is 26.1 Å². The molecule has 0 rings (SSSR count). The summed E-state index contributed by atoms with van der Waals surface area (Å²) in [5, 5.41) is 0. The molecule has 0 bridgehead atoms. The summed E-state index contributed by atoms with van der Waals surface area (Å²) in [5.41, 5.74) is 0. The van der Waals surface area contributed by atoms with Crippen molar-refractivity contribution in [2.45, 2.75) is 155 Å². The molecule has 0 aromatic rings. The van der Waals surface area contributed by atoms with E-state index in [4.69, 9.17) is 28.7 Å². The van der Waals surface area contributed by atoms with Crippen molar-refractivity contribution >= 4 is 19.8 Å². The number of hydrogen-bond donors (Lipinski definition) is 3. The van der Waals surface area contributed by atoms with E-state index in [0.717, 1.165) is 25.7 Å². The average molecular weight is 553 g/mol. The van der Waals surface area contributed by atoms with Crippen LogP contribution in [0.15, 0.2) is 0 Å². The van der Waals surface area contributed by atoms with Gasteiger partial charge in [0, 0.05) is 0 Å². The number of rotatable bonds is 25. The molecule has 0 aliphatic heterocycles. The Morgan fingerprint density at radius 2 is 0.703 bits per heavy atom. The van der Waals surface area contributed by atoms with Crippen LogP contribution < -0.4 is 0 Å². The van der Waals surface area contributed by atoms with Gasteiger partial charge in [-0.1, -0.05) is 129 Å². The number of unbranched alkanes of at least 4 members (excludes halogenated alkanes) is 18. The molecule has 8 nitrogen and oxygen atoms in total. The molecule has 0 aromatic heterocycles. The second-order valence-corrected chi connectivity index (χ2v) is 10.8. The fourth-order valence-electron chi connectivity index (χ4n) is 3.90. The van der Waals surface area contributed by atoms with E-state index in [0.29, 0.717) is 13.2 Å². The summed E-state index contributed by atoms with van der Waals surface area (Å²) in [7, 11) is -4.64. The summed E-state index contributed by atoms with van der Waals surface area (Å²) in [4.78, 5) is 45.0. The van der Waals surface area contributed by atoms with E-state index in [-0.39, 0.29) is 24.8 Å². The molecule has 0 fully saturated rings. The van der Waals surface area contributed by atoms with Crippen LogP contribution in [0.2, 0.25) is 0 Å². The van der Waals surface area contributed by atoms with Crippen LogP contribution in [-0.2, 0) is 23.6 Å². The lowest BCUT2D eigenvalue weighted by Gasteiger charge is -2.06. The predicted molar refractivity (Wildman–Crippen MR) is 149 cm³/mol. The lowest BCUT2D eigenvalue weighted by atomic mass is 10.1. The van der Waals surface area contributed by atoms with E-state index in [1.54, 1.807) is 0 Å². The maximum Gasteiger partial charge on any atom is 0.466 e. The number of phosphoric acid groups is 1. The predicted octanol–water partition coefficient (Wildman–Crippen LogP) is 7.77. The summed E-state index contributed by atoms with van der Waals surface area (Å²) in [6, 6.07) is 0. The van der Waals surface area contributed by atoms with Crippen LogP contribution in [0, 0.1) is 0 Å². The van der Waals surface area contributed by atoms with Gasteiger partial charge in [0.25, 0.3) is 0 Å². The molecular formula is C28H57O8P. The summed E-state index contributed by atoms with van der Waals surface area (Å²) in [6.07, 6.45) is 25.5. The Bertz CT molecular complexity index is 504. The van der Waals surface area contributed by atoms with Gasteiger partial charge in [-0.2, -0.15) is 0 Å². The first-order chi connectivity index (χ1) is 17.7. The first-order valence-corrected chi connectivity index (χ1v) is 16.4. The molecule has 3 N–H and O–H groups in total. The third-order valence-corrected chi connectivity index (χ3v) is 6.06. The van der Waals surface area contributed by atoms with Crippen LogP contribution in [0.4, 0.5) is 0 Å².